The van der Waals surface area contributed by atoms with E-state index in [1.165, 1.54) is 7.11 Å². The van der Waals surface area contributed by atoms with Crippen LogP contribution in [-0.2, 0) is 16.4 Å². The van der Waals surface area contributed by atoms with E-state index in [2.05, 4.69) is 4.72 Å². The number of methoxy groups -OCH3 is 1. The van der Waals surface area contributed by atoms with Crippen molar-refractivity contribution in [3.63, 3.8) is 0 Å². The summed E-state index contributed by atoms with van der Waals surface area (Å²) in [4.78, 5) is 0. The second kappa shape index (κ2) is 5.06. The molecule has 0 radical (unpaired) electrons. The van der Waals surface area contributed by atoms with Crippen LogP contribution >= 0.6 is 0 Å². The Morgan fingerprint density at radius 1 is 1.44 bits per heavy atom. The van der Waals surface area contributed by atoms with Crippen LogP contribution in [0.15, 0.2) is 12.1 Å². The number of nitrogens with two attached hydrogens (primary N) is 1. The molecule has 6 heteroatoms. The largest absolute Gasteiger partial charge is 0.492 e. The van der Waals surface area contributed by atoms with Crippen molar-refractivity contribution < 1.29 is 13.2 Å². The first kappa shape index (κ1) is 14.6. The fraction of sp³-hybridized carbons (Fsp3) is 0.500. The third-order valence-corrected chi connectivity index (χ3v) is 4.86. The average molecular weight is 272 g/mol. The van der Waals surface area contributed by atoms with Gasteiger partial charge >= 0.3 is 0 Å². The van der Waals surface area contributed by atoms with Crippen molar-refractivity contribution in [3.8, 4) is 5.75 Å². The van der Waals surface area contributed by atoms with Crippen molar-refractivity contribution in [2.75, 3.05) is 17.6 Å². The molecule has 1 aliphatic rings. The molecule has 0 amide bonds. The molecule has 1 aromatic rings. The van der Waals surface area contributed by atoms with E-state index in [-0.39, 0.29) is 7.43 Å². The lowest BCUT2D eigenvalue weighted by Gasteiger charge is -2.15. The zero-order valence-corrected chi connectivity index (χ0v) is 10.7. The summed E-state index contributed by atoms with van der Waals surface area (Å²) in [7, 11) is -1.87. The van der Waals surface area contributed by atoms with Crippen molar-refractivity contribution in [2.45, 2.75) is 32.4 Å². The van der Waals surface area contributed by atoms with Crippen LogP contribution in [0.4, 0.5) is 11.4 Å². The summed E-state index contributed by atoms with van der Waals surface area (Å²) in [6.45, 7) is 1.70. The van der Waals surface area contributed by atoms with E-state index >= 15 is 0 Å². The Hall–Kier alpha value is -1.43. The van der Waals surface area contributed by atoms with Crippen molar-refractivity contribution in [1.82, 2.24) is 0 Å². The minimum Gasteiger partial charge on any atom is -0.492 e. The fourth-order valence-corrected chi connectivity index (χ4v) is 3.07. The number of anilines is 2. The van der Waals surface area contributed by atoms with Crippen molar-refractivity contribution >= 4 is 21.4 Å². The lowest BCUT2D eigenvalue weighted by atomic mass is 10.1. The molecule has 1 atom stereocenters. The maximum absolute atomic E-state index is 11.9. The number of nitrogen functional groups attached to an aromatic ring is 1. The summed E-state index contributed by atoms with van der Waals surface area (Å²) >= 11 is 0. The average Bonchev–Trinajstić information content (AvgIpc) is 2.37. The van der Waals surface area contributed by atoms with E-state index < -0.39 is 15.3 Å². The lowest BCUT2D eigenvalue weighted by Crippen LogP contribution is -2.23. The van der Waals surface area contributed by atoms with Gasteiger partial charge < -0.3 is 10.5 Å². The lowest BCUT2D eigenvalue weighted by molar-refractivity contribution is 0.418. The second-order valence-electron chi connectivity index (χ2n) is 4.22. The van der Waals surface area contributed by atoms with Crippen LogP contribution in [0, 0.1) is 0 Å². The smallest absolute Gasteiger partial charge is 0.235 e. The van der Waals surface area contributed by atoms with Crippen LogP contribution in [0.25, 0.3) is 0 Å². The maximum atomic E-state index is 11.9. The number of rotatable bonds is 1. The molecule has 0 bridgehead atoms. The second-order valence-corrected chi connectivity index (χ2v) is 6.32. The van der Waals surface area contributed by atoms with Gasteiger partial charge in [-0.1, -0.05) is 13.5 Å². The summed E-state index contributed by atoms with van der Waals surface area (Å²) in [5, 5.41) is -0.416. The Morgan fingerprint density at radius 2 is 2.11 bits per heavy atom. The Bertz CT molecular complexity index is 540. The van der Waals surface area contributed by atoms with Gasteiger partial charge in [0.15, 0.2) is 5.75 Å². The van der Waals surface area contributed by atoms with Gasteiger partial charge in [-0.05, 0) is 31.4 Å². The van der Waals surface area contributed by atoms with Gasteiger partial charge in [-0.15, -0.1) is 0 Å². The number of aryl methyl sites for hydroxylation is 1. The van der Waals surface area contributed by atoms with Gasteiger partial charge in [0.05, 0.1) is 23.7 Å². The van der Waals surface area contributed by atoms with Crippen molar-refractivity contribution in [2.24, 2.45) is 0 Å². The molecular weight excluding hydrogens is 252 g/mol. The van der Waals surface area contributed by atoms with Gasteiger partial charge in [-0.3, -0.25) is 4.72 Å². The molecule has 2 rings (SSSR count). The van der Waals surface area contributed by atoms with E-state index in [0.717, 1.165) is 5.56 Å². The molecule has 5 nitrogen and oxygen atoms in total. The Labute approximate surface area is 108 Å². The molecule has 1 aromatic carbocycles. The summed E-state index contributed by atoms with van der Waals surface area (Å²) in [6, 6.07) is 3.58. The molecule has 3 N–H and O–H groups in total. The van der Waals surface area contributed by atoms with Gasteiger partial charge in [0.25, 0.3) is 0 Å². The van der Waals surface area contributed by atoms with Crippen molar-refractivity contribution in [1.29, 1.82) is 0 Å². The predicted octanol–water partition coefficient (Wildman–Crippen LogP) is 1.99. The predicted molar refractivity (Wildman–Crippen MR) is 74.5 cm³/mol. The zero-order valence-electron chi connectivity index (χ0n) is 9.86. The third-order valence-electron chi connectivity index (χ3n) is 3.07. The molecule has 0 saturated carbocycles. The summed E-state index contributed by atoms with van der Waals surface area (Å²) in [6.07, 6.45) is 1.29. The Morgan fingerprint density at radius 3 is 2.72 bits per heavy atom. The monoisotopic (exact) mass is 272 g/mol. The first-order valence-corrected chi connectivity index (χ1v) is 6.97. The van der Waals surface area contributed by atoms with E-state index in [1.807, 2.05) is 6.07 Å². The van der Waals surface area contributed by atoms with Gasteiger partial charge in [-0.25, -0.2) is 8.42 Å². The Balaban J connectivity index is 0.00000162. The molecule has 0 spiro atoms. The van der Waals surface area contributed by atoms with Crippen molar-refractivity contribution in [3.05, 3.63) is 17.7 Å². The first-order valence-electron chi connectivity index (χ1n) is 5.42. The van der Waals surface area contributed by atoms with Crippen LogP contribution < -0.4 is 15.2 Å². The number of sulfonamides is 1. The van der Waals surface area contributed by atoms with Crippen LogP contribution in [0.1, 0.15) is 26.3 Å². The molecular formula is C12H20N2O3S. The third kappa shape index (κ3) is 2.38. The molecule has 1 heterocycles. The normalized spacial score (nSPS) is 20.9. The maximum Gasteiger partial charge on any atom is 0.235 e. The van der Waals surface area contributed by atoms with E-state index in [1.54, 1.807) is 13.0 Å². The van der Waals surface area contributed by atoms with E-state index in [4.69, 9.17) is 10.5 Å². The molecule has 1 aliphatic heterocycles. The van der Waals surface area contributed by atoms with Gasteiger partial charge in [0.2, 0.25) is 10.0 Å². The number of hydrogen-bond acceptors (Lipinski definition) is 4. The highest BCUT2D eigenvalue weighted by Gasteiger charge is 2.28. The van der Waals surface area contributed by atoms with Crippen LogP contribution in [0.2, 0.25) is 0 Å². The van der Waals surface area contributed by atoms with E-state index in [9.17, 15) is 8.42 Å². The summed E-state index contributed by atoms with van der Waals surface area (Å²) in [5.41, 5.74) is 7.61. The van der Waals surface area contributed by atoms with E-state index in [0.29, 0.717) is 30.0 Å². The fourth-order valence-electron chi connectivity index (χ4n) is 1.94. The topological polar surface area (TPSA) is 81.4 Å². The molecule has 18 heavy (non-hydrogen) atoms. The zero-order chi connectivity index (χ0) is 12.6. The molecule has 102 valence electrons. The minimum atomic E-state index is -3.35. The SMILES string of the molecule is C.COc1c(N)ccc2c1NS(=O)(=O)C(C)CC2. The first-order chi connectivity index (χ1) is 7.95. The van der Waals surface area contributed by atoms with Crippen LogP contribution in [0.5, 0.6) is 5.75 Å². The number of fused-ring (bicyclic) bond motifs is 1. The van der Waals surface area contributed by atoms with Crippen LogP contribution in [-0.4, -0.2) is 20.8 Å². The quantitative estimate of drug-likeness (QED) is 0.766. The minimum absolute atomic E-state index is 0. The summed E-state index contributed by atoms with van der Waals surface area (Å²) in [5.74, 6) is 0.403. The van der Waals surface area contributed by atoms with Gasteiger partial charge in [0, 0.05) is 0 Å². The van der Waals surface area contributed by atoms with Gasteiger partial charge in [0.1, 0.15) is 0 Å². The highest BCUT2D eigenvalue weighted by Crippen LogP contribution is 2.38. The summed E-state index contributed by atoms with van der Waals surface area (Å²) < 4.78 is 31.6. The molecule has 0 fully saturated rings. The Kier molecular flexibility index (Phi) is 4.11. The van der Waals surface area contributed by atoms with Gasteiger partial charge in [-0.2, -0.15) is 0 Å². The number of hydrogen-bond donors (Lipinski definition) is 2. The number of ether oxygens (including phenoxy) is 1. The molecule has 0 aromatic heterocycles. The number of benzene rings is 1. The van der Waals surface area contributed by atoms with Crippen LogP contribution in [0.3, 0.4) is 0 Å². The highest BCUT2D eigenvalue weighted by atomic mass is 32.2. The standard InChI is InChI=1S/C11H16N2O3S.CH4/c1-7-3-4-8-5-6-9(12)11(16-2)10(8)13-17(7,14)15;/h5-7,13H,3-4,12H2,1-2H3;1H4. The molecule has 0 saturated heterocycles. The highest BCUT2D eigenvalue weighted by molar-refractivity contribution is 7.93. The number of nitrogens with one attached hydrogen (secondary N) is 1. The molecule has 0 aliphatic carbocycles. The molecule has 1 unspecified atom stereocenters.